The summed E-state index contributed by atoms with van der Waals surface area (Å²) in [5.41, 5.74) is -1.06. The summed E-state index contributed by atoms with van der Waals surface area (Å²) in [7, 11) is -4.33. The van der Waals surface area contributed by atoms with Crippen LogP contribution in [0, 0.1) is 0 Å². The summed E-state index contributed by atoms with van der Waals surface area (Å²) in [5.74, 6) is -2.13. The fraction of sp³-hybridized carbons (Fsp3) is 0.400. The predicted molar refractivity (Wildman–Crippen MR) is 64.8 cm³/mol. The molecule has 0 aliphatic rings. The molecule has 0 spiro atoms. The molecule has 0 saturated heterocycles. The molecule has 104 valence electrons. The molecule has 0 radical (unpaired) electrons. The third kappa shape index (κ3) is 19.8. The number of carbonyl (C=O) groups excluding carboxylic acids is 1. The number of aliphatic carboxylic acids is 1. The third-order valence-corrected chi connectivity index (χ3v) is 2.43. The number of hydrogen-bond donors (Lipinski definition) is 2. The summed E-state index contributed by atoms with van der Waals surface area (Å²) in [4.78, 5) is 20.0. The van der Waals surface area contributed by atoms with Crippen LogP contribution < -0.4 is 34.9 Å². The Labute approximate surface area is 134 Å². The van der Waals surface area contributed by atoms with Crippen molar-refractivity contribution in [2.75, 3.05) is 5.75 Å². The molecule has 0 aliphatic carbocycles. The van der Waals surface area contributed by atoms with Crippen molar-refractivity contribution >= 4 is 22.0 Å². The summed E-state index contributed by atoms with van der Waals surface area (Å²) in [6, 6.07) is 0. The molecule has 0 fully saturated rings. The van der Waals surface area contributed by atoms with Gasteiger partial charge in [0.1, 0.15) is 0 Å². The van der Waals surface area contributed by atoms with Gasteiger partial charge in [-0.3, -0.25) is 4.79 Å². The molecule has 0 aromatic rings. The van der Waals surface area contributed by atoms with Gasteiger partial charge >= 0.3 is 35.5 Å². The molecule has 0 unspecified atom stereocenters. The second-order valence-electron chi connectivity index (χ2n) is 3.82. The number of carbonyl (C=O) groups is 2. The standard InChI is InChI=1S/C7H13NO4S.C3H4O2.Na/c1-4-6(9)8-7(2,3)5-13(10,11)12;1-2-3(4)5;/h4H,1,5H2,2-3H3,(H,8,9)(H,10,11,12);2H,1H2,(H,4,5);/q;;+1/p-1. The van der Waals surface area contributed by atoms with Gasteiger partial charge in [0, 0.05) is 11.6 Å². The van der Waals surface area contributed by atoms with Crippen LogP contribution >= 0.6 is 0 Å². The second-order valence-corrected chi connectivity index (χ2v) is 5.23. The van der Waals surface area contributed by atoms with Gasteiger partial charge in [-0.25, -0.2) is 13.2 Å². The van der Waals surface area contributed by atoms with Crippen LogP contribution in [0.15, 0.2) is 25.3 Å². The second kappa shape index (κ2) is 10.2. The average molecular weight is 301 g/mol. The molecule has 2 N–H and O–H groups in total. The van der Waals surface area contributed by atoms with Gasteiger partial charge in [-0.1, -0.05) is 13.2 Å². The zero-order chi connectivity index (χ0) is 15.0. The number of nitrogens with one attached hydrogen (secondary N) is 1. The van der Waals surface area contributed by atoms with Crippen LogP contribution in [0.4, 0.5) is 0 Å². The van der Waals surface area contributed by atoms with Gasteiger partial charge in [0.15, 0.2) is 0 Å². The predicted octanol–water partition coefficient (Wildman–Crippen LogP) is -3.13. The van der Waals surface area contributed by atoms with E-state index >= 15 is 0 Å². The quantitative estimate of drug-likeness (QED) is 0.314. The van der Waals surface area contributed by atoms with Crippen molar-refractivity contribution in [3.63, 3.8) is 0 Å². The summed E-state index contributed by atoms with van der Waals surface area (Å²) >= 11 is 0. The van der Waals surface area contributed by atoms with Crippen molar-refractivity contribution in [1.82, 2.24) is 5.32 Å². The first-order valence-electron chi connectivity index (χ1n) is 4.67. The minimum atomic E-state index is -4.33. The van der Waals surface area contributed by atoms with Crippen LogP contribution in [0.1, 0.15) is 13.8 Å². The van der Waals surface area contributed by atoms with Crippen molar-refractivity contribution in [3.05, 3.63) is 25.3 Å². The van der Waals surface area contributed by atoms with Gasteiger partial charge in [0.05, 0.1) is 15.9 Å². The van der Waals surface area contributed by atoms with Crippen molar-refractivity contribution in [3.8, 4) is 0 Å². The monoisotopic (exact) mass is 301 g/mol. The molecule has 19 heavy (non-hydrogen) atoms. The molecule has 0 aromatic carbocycles. The van der Waals surface area contributed by atoms with E-state index in [0.29, 0.717) is 0 Å². The first kappa shape index (κ1) is 23.4. The van der Waals surface area contributed by atoms with E-state index < -0.39 is 33.3 Å². The SMILES string of the molecule is C=CC(=O)NC(C)(C)CS(=O)(=O)[O-].C=CC(=O)O.[Na+]. The maximum absolute atomic E-state index is 10.8. The smallest absolute Gasteiger partial charge is 0.748 e. The van der Waals surface area contributed by atoms with Gasteiger partial charge in [-0.05, 0) is 19.9 Å². The first-order chi connectivity index (χ1) is 7.93. The molecular formula is C10H16NNaO6S. The van der Waals surface area contributed by atoms with Crippen LogP contribution in [-0.2, 0) is 19.7 Å². The van der Waals surface area contributed by atoms with Crippen LogP contribution in [0.2, 0.25) is 0 Å². The number of rotatable bonds is 5. The molecule has 0 rings (SSSR count). The van der Waals surface area contributed by atoms with Gasteiger partial charge in [0.2, 0.25) is 5.91 Å². The van der Waals surface area contributed by atoms with E-state index in [2.05, 4.69) is 18.5 Å². The number of amides is 1. The average Bonchev–Trinajstić information content (AvgIpc) is 2.13. The minimum absolute atomic E-state index is 0. The van der Waals surface area contributed by atoms with Gasteiger partial charge in [0.25, 0.3) is 0 Å². The van der Waals surface area contributed by atoms with E-state index in [1.165, 1.54) is 13.8 Å². The van der Waals surface area contributed by atoms with E-state index in [4.69, 9.17) is 5.11 Å². The zero-order valence-electron chi connectivity index (χ0n) is 11.2. The molecule has 7 nitrogen and oxygen atoms in total. The maximum Gasteiger partial charge on any atom is 1.00 e. The van der Waals surface area contributed by atoms with Crippen LogP contribution in [0.25, 0.3) is 0 Å². The van der Waals surface area contributed by atoms with E-state index in [1.54, 1.807) is 0 Å². The number of carboxylic acid groups (broad SMARTS) is 1. The Morgan fingerprint density at radius 2 is 1.68 bits per heavy atom. The molecule has 0 atom stereocenters. The van der Waals surface area contributed by atoms with E-state index in [9.17, 15) is 22.6 Å². The summed E-state index contributed by atoms with van der Waals surface area (Å²) < 4.78 is 31.2. The largest absolute Gasteiger partial charge is 1.00 e. The Kier molecular flexibility index (Phi) is 12.5. The minimum Gasteiger partial charge on any atom is -0.748 e. The van der Waals surface area contributed by atoms with E-state index in [1.807, 2.05) is 0 Å². The molecule has 9 heteroatoms. The molecule has 0 aromatic heterocycles. The van der Waals surface area contributed by atoms with Gasteiger partial charge in [-0.2, -0.15) is 0 Å². The van der Waals surface area contributed by atoms with Gasteiger partial charge < -0.3 is 15.0 Å². The first-order valence-corrected chi connectivity index (χ1v) is 6.25. The fourth-order valence-corrected chi connectivity index (χ4v) is 1.82. The molecule has 0 saturated carbocycles. The zero-order valence-corrected chi connectivity index (χ0v) is 14.0. The summed E-state index contributed by atoms with van der Waals surface area (Å²) in [5, 5.41) is 9.93. The Morgan fingerprint density at radius 3 is 1.89 bits per heavy atom. The normalized spacial score (nSPS) is 10.1. The van der Waals surface area contributed by atoms with Crippen LogP contribution in [-0.4, -0.2) is 41.2 Å². The van der Waals surface area contributed by atoms with Crippen molar-refractivity contribution in [2.45, 2.75) is 19.4 Å². The van der Waals surface area contributed by atoms with Crippen LogP contribution in [0.3, 0.4) is 0 Å². The molecule has 1 amide bonds. The number of carboxylic acids is 1. The molecular weight excluding hydrogens is 285 g/mol. The number of hydrogen-bond acceptors (Lipinski definition) is 5. The Bertz CT molecular complexity index is 429. The van der Waals surface area contributed by atoms with Gasteiger partial charge in [-0.15, -0.1) is 0 Å². The van der Waals surface area contributed by atoms with E-state index in [0.717, 1.165) is 12.2 Å². The van der Waals surface area contributed by atoms with Crippen molar-refractivity contribution in [2.24, 2.45) is 0 Å². The summed E-state index contributed by atoms with van der Waals surface area (Å²) in [6.07, 6.45) is 1.85. The fourth-order valence-electron chi connectivity index (χ4n) is 0.863. The van der Waals surface area contributed by atoms with Crippen molar-refractivity contribution in [1.29, 1.82) is 0 Å². The molecule has 0 bridgehead atoms. The Hall–Kier alpha value is -0.670. The molecule has 0 aliphatic heterocycles. The summed E-state index contributed by atoms with van der Waals surface area (Å²) in [6.45, 7) is 9.06. The van der Waals surface area contributed by atoms with E-state index in [-0.39, 0.29) is 29.6 Å². The Balaban J connectivity index is -0.000000366. The Morgan fingerprint density at radius 1 is 1.32 bits per heavy atom. The van der Waals surface area contributed by atoms with Crippen LogP contribution in [0.5, 0.6) is 0 Å². The maximum atomic E-state index is 10.8. The molecule has 0 heterocycles. The topological polar surface area (TPSA) is 124 Å². The third-order valence-electron chi connectivity index (χ3n) is 1.36. The van der Waals surface area contributed by atoms with Crippen molar-refractivity contribution < 1.29 is 57.2 Å².